The number of benzene rings is 1. The highest BCUT2D eigenvalue weighted by Gasteiger charge is 2.46. The molecule has 2 aliphatic rings. The lowest BCUT2D eigenvalue weighted by atomic mass is 9.89. The quantitative estimate of drug-likeness (QED) is 0.799. The molecule has 1 N–H and O–H groups in total. The summed E-state index contributed by atoms with van der Waals surface area (Å²) in [6.45, 7) is 4.94. The number of rotatable bonds is 6. The molecule has 0 unspecified atom stereocenters. The number of pyridine rings is 1. The van der Waals surface area contributed by atoms with Crippen LogP contribution < -0.4 is 5.32 Å². The number of ether oxygens (including phenoxy) is 1. The highest BCUT2D eigenvalue weighted by molar-refractivity contribution is 5.88. The number of morpholine rings is 1. The third kappa shape index (κ3) is 4.54. The van der Waals surface area contributed by atoms with Crippen molar-refractivity contribution in [3.8, 4) is 11.1 Å². The number of nitrogens with zero attached hydrogens (tertiary/aromatic N) is 2. The normalized spacial score (nSPS) is 21.5. The topological polar surface area (TPSA) is 71.5 Å². The van der Waals surface area contributed by atoms with Crippen molar-refractivity contribution >= 4 is 11.8 Å². The Kier molecular flexibility index (Phi) is 5.86. The smallest absolute Gasteiger partial charge is 0.254 e. The lowest BCUT2D eigenvalue weighted by molar-refractivity contribution is -0.167. The van der Waals surface area contributed by atoms with Crippen LogP contribution in [0.1, 0.15) is 32.3 Å². The molecule has 2 heterocycles. The molecule has 0 radical (unpaired) electrons. The van der Waals surface area contributed by atoms with Gasteiger partial charge in [-0.1, -0.05) is 38.1 Å². The van der Waals surface area contributed by atoms with Crippen molar-refractivity contribution in [2.75, 3.05) is 19.7 Å². The predicted octanol–water partition coefficient (Wildman–Crippen LogP) is 2.82. The monoisotopic (exact) mass is 407 g/mol. The van der Waals surface area contributed by atoms with E-state index in [9.17, 15) is 9.59 Å². The zero-order chi connectivity index (χ0) is 21.1. The average molecular weight is 408 g/mol. The molecule has 2 aromatic rings. The second-order valence-electron chi connectivity index (χ2n) is 8.62. The van der Waals surface area contributed by atoms with Crippen LogP contribution in [0.25, 0.3) is 11.1 Å². The van der Waals surface area contributed by atoms with E-state index in [1.54, 1.807) is 17.3 Å². The van der Waals surface area contributed by atoms with Crippen molar-refractivity contribution in [2.45, 2.75) is 44.8 Å². The van der Waals surface area contributed by atoms with Gasteiger partial charge in [-0.15, -0.1) is 0 Å². The number of nitrogens with one attached hydrogen (secondary N) is 1. The van der Waals surface area contributed by atoms with E-state index in [0.29, 0.717) is 19.6 Å². The Morgan fingerprint density at radius 1 is 1.20 bits per heavy atom. The van der Waals surface area contributed by atoms with E-state index < -0.39 is 5.60 Å². The summed E-state index contributed by atoms with van der Waals surface area (Å²) in [5.74, 6) is -0.157. The molecule has 0 bridgehead atoms. The third-order valence-electron chi connectivity index (χ3n) is 5.75. The molecule has 6 nitrogen and oxygen atoms in total. The number of hydrogen-bond donors (Lipinski definition) is 1. The minimum Gasteiger partial charge on any atom is -0.361 e. The van der Waals surface area contributed by atoms with E-state index in [4.69, 9.17) is 4.74 Å². The maximum absolute atomic E-state index is 13.3. The largest absolute Gasteiger partial charge is 0.361 e. The second kappa shape index (κ2) is 8.56. The molecule has 1 saturated carbocycles. The molecule has 1 aliphatic heterocycles. The van der Waals surface area contributed by atoms with E-state index in [2.05, 4.69) is 16.4 Å². The minimum absolute atomic E-state index is 0.0624. The van der Waals surface area contributed by atoms with Crippen molar-refractivity contribution in [3.05, 3.63) is 54.4 Å². The van der Waals surface area contributed by atoms with Gasteiger partial charge in [0.25, 0.3) is 5.91 Å². The number of amides is 2. The molecule has 4 rings (SSSR count). The Labute approximate surface area is 177 Å². The SMILES string of the molecule is CC(C)C(=O)N1CCO[C@@](Cc2cccc(-c3ccncc3)c2)(C(=O)NC2CC2)C1. The molecule has 1 saturated heterocycles. The van der Waals surface area contributed by atoms with Crippen molar-refractivity contribution in [2.24, 2.45) is 5.92 Å². The summed E-state index contributed by atoms with van der Waals surface area (Å²) in [6.07, 6.45) is 5.98. The zero-order valence-corrected chi connectivity index (χ0v) is 17.6. The maximum Gasteiger partial charge on any atom is 0.254 e. The minimum atomic E-state index is -1.07. The third-order valence-corrected chi connectivity index (χ3v) is 5.75. The van der Waals surface area contributed by atoms with Crippen molar-refractivity contribution in [1.29, 1.82) is 0 Å². The van der Waals surface area contributed by atoms with E-state index in [1.165, 1.54) is 0 Å². The first-order chi connectivity index (χ1) is 14.5. The molecule has 2 amide bonds. The molecule has 30 heavy (non-hydrogen) atoms. The molecule has 1 atom stereocenters. The van der Waals surface area contributed by atoms with Gasteiger partial charge in [0.1, 0.15) is 0 Å². The van der Waals surface area contributed by atoms with Gasteiger partial charge in [-0.2, -0.15) is 0 Å². The number of aromatic nitrogens is 1. The first kappa shape index (κ1) is 20.5. The Balaban J connectivity index is 1.62. The van der Waals surface area contributed by atoms with Crippen LogP contribution in [0.15, 0.2) is 48.8 Å². The van der Waals surface area contributed by atoms with E-state index in [-0.39, 0.29) is 30.3 Å². The lowest BCUT2D eigenvalue weighted by Crippen LogP contribution is -2.62. The Hall–Kier alpha value is -2.73. The van der Waals surface area contributed by atoms with E-state index in [1.807, 2.05) is 44.2 Å². The van der Waals surface area contributed by atoms with Gasteiger partial charge in [0.05, 0.1) is 13.2 Å². The summed E-state index contributed by atoms with van der Waals surface area (Å²) >= 11 is 0. The number of carbonyl (C=O) groups excluding carboxylic acids is 2. The fourth-order valence-electron chi connectivity index (χ4n) is 3.94. The molecule has 0 spiro atoms. The van der Waals surface area contributed by atoms with Crippen LogP contribution in [0.2, 0.25) is 0 Å². The first-order valence-corrected chi connectivity index (χ1v) is 10.7. The summed E-state index contributed by atoms with van der Waals surface area (Å²) in [4.78, 5) is 31.8. The van der Waals surface area contributed by atoms with Crippen LogP contribution in [0, 0.1) is 5.92 Å². The summed E-state index contributed by atoms with van der Waals surface area (Å²) in [7, 11) is 0. The van der Waals surface area contributed by atoms with Gasteiger partial charge in [-0.3, -0.25) is 14.6 Å². The lowest BCUT2D eigenvalue weighted by Gasteiger charge is -2.42. The fourth-order valence-corrected chi connectivity index (χ4v) is 3.94. The van der Waals surface area contributed by atoms with Crippen molar-refractivity contribution < 1.29 is 14.3 Å². The summed E-state index contributed by atoms with van der Waals surface area (Å²) in [5.41, 5.74) is 2.08. The molecule has 1 aliphatic carbocycles. The van der Waals surface area contributed by atoms with Crippen molar-refractivity contribution in [3.63, 3.8) is 0 Å². The van der Waals surface area contributed by atoms with Crippen LogP contribution in [0.5, 0.6) is 0 Å². The van der Waals surface area contributed by atoms with Gasteiger partial charge in [-0.25, -0.2) is 0 Å². The standard InChI is InChI=1S/C24H29N3O3/c1-17(2)22(28)27-12-13-30-24(16-27,23(29)26-21-6-7-21)15-18-4-3-5-20(14-18)19-8-10-25-11-9-19/h3-5,8-11,14,17,21H,6-7,12-13,15-16H2,1-2H3,(H,26,29)/t24-/m1/s1. The molecule has 1 aromatic heterocycles. The Morgan fingerprint density at radius 3 is 2.67 bits per heavy atom. The number of carbonyl (C=O) groups is 2. The van der Waals surface area contributed by atoms with Gasteiger partial charge in [0.2, 0.25) is 5.91 Å². The average Bonchev–Trinajstić information content (AvgIpc) is 3.58. The number of hydrogen-bond acceptors (Lipinski definition) is 4. The molecular formula is C24H29N3O3. The van der Waals surface area contributed by atoms with E-state index in [0.717, 1.165) is 29.5 Å². The van der Waals surface area contributed by atoms with Crippen LogP contribution in [0.3, 0.4) is 0 Å². The fraction of sp³-hybridized carbons (Fsp3) is 0.458. The van der Waals surface area contributed by atoms with Crippen LogP contribution in [0.4, 0.5) is 0 Å². The highest BCUT2D eigenvalue weighted by atomic mass is 16.5. The van der Waals surface area contributed by atoms with Crippen LogP contribution in [-0.4, -0.2) is 53.0 Å². The summed E-state index contributed by atoms with van der Waals surface area (Å²) in [5, 5.41) is 3.11. The van der Waals surface area contributed by atoms with Gasteiger partial charge >= 0.3 is 0 Å². The van der Waals surface area contributed by atoms with Gasteiger partial charge < -0.3 is 15.0 Å². The maximum atomic E-state index is 13.3. The molecular weight excluding hydrogens is 378 g/mol. The summed E-state index contributed by atoms with van der Waals surface area (Å²) < 4.78 is 6.15. The Morgan fingerprint density at radius 2 is 1.97 bits per heavy atom. The van der Waals surface area contributed by atoms with Gasteiger partial charge in [0.15, 0.2) is 5.60 Å². The van der Waals surface area contributed by atoms with Crippen LogP contribution >= 0.6 is 0 Å². The van der Waals surface area contributed by atoms with Gasteiger partial charge in [0, 0.05) is 37.3 Å². The molecule has 2 fully saturated rings. The molecule has 1 aromatic carbocycles. The van der Waals surface area contributed by atoms with Crippen molar-refractivity contribution in [1.82, 2.24) is 15.2 Å². The predicted molar refractivity (Wildman–Crippen MR) is 115 cm³/mol. The van der Waals surface area contributed by atoms with Crippen LogP contribution in [-0.2, 0) is 20.7 Å². The molecule has 6 heteroatoms. The van der Waals surface area contributed by atoms with Gasteiger partial charge in [-0.05, 0) is 41.7 Å². The van der Waals surface area contributed by atoms with E-state index >= 15 is 0 Å². The molecule has 158 valence electrons. The highest BCUT2D eigenvalue weighted by Crippen LogP contribution is 2.29. The first-order valence-electron chi connectivity index (χ1n) is 10.7. The summed E-state index contributed by atoms with van der Waals surface area (Å²) in [6, 6.07) is 12.3. The Bertz CT molecular complexity index is 911. The second-order valence-corrected chi connectivity index (χ2v) is 8.62. The zero-order valence-electron chi connectivity index (χ0n) is 17.6.